The minimum atomic E-state index is 0.0235. The molecule has 0 saturated carbocycles. The van der Waals surface area contributed by atoms with Gasteiger partial charge in [0.15, 0.2) is 0 Å². The second kappa shape index (κ2) is 15.6. The first kappa shape index (κ1) is 31.3. The van der Waals surface area contributed by atoms with Crippen molar-refractivity contribution in [2.75, 3.05) is 36.0 Å². The van der Waals surface area contributed by atoms with Crippen LogP contribution in [0.5, 0.6) is 0 Å². The molecule has 0 aliphatic carbocycles. The second-order valence-corrected chi connectivity index (χ2v) is 9.84. The average Bonchev–Trinajstić information content (AvgIpc) is 3.08. The van der Waals surface area contributed by atoms with Crippen molar-refractivity contribution >= 4 is 39.7 Å². The summed E-state index contributed by atoms with van der Waals surface area (Å²) in [6, 6.07) is 34.7. The van der Waals surface area contributed by atoms with Gasteiger partial charge in [-0.15, -0.1) is 0 Å². The van der Waals surface area contributed by atoms with E-state index in [1.165, 1.54) is 0 Å². The van der Waals surface area contributed by atoms with E-state index in [0.717, 1.165) is 60.1 Å². The van der Waals surface area contributed by atoms with Crippen LogP contribution in [-0.4, -0.2) is 26.2 Å². The van der Waals surface area contributed by atoms with Crippen molar-refractivity contribution in [3.63, 3.8) is 0 Å². The number of rotatable bonds is 12. The summed E-state index contributed by atoms with van der Waals surface area (Å²) in [6.07, 6.45) is 0. The molecule has 8 heteroatoms. The first-order valence-electron chi connectivity index (χ1n) is 14.8. The van der Waals surface area contributed by atoms with Gasteiger partial charge in [0.1, 0.15) is 17.7 Å². The summed E-state index contributed by atoms with van der Waals surface area (Å²) >= 11 is 0. The van der Waals surface area contributed by atoms with Gasteiger partial charge in [-0.05, 0) is 112 Å². The summed E-state index contributed by atoms with van der Waals surface area (Å²) in [4.78, 5) is 4.54. The normalized spacial score (nSPS) is 10.9. The van der Waals surface area contributed by atoms with E-state index in [4.69, 9.17) is 0 Å². The number of nitrogens with zero attached hydrogens (tertiary/aromatic N) is 8. The average molecular weight is 581 g/mol. The maximum absolute atomic E-state index is 9.72. The highest BCUT2D eigenvalue weighted by Crippen LogP contribution is 2.31. The van der Waals surface area contributed by atoms with Gasteiger partial charge in [-0.3, -0.25) is 0 Å². The van der Waals surface area contributed by atoms with E-state index in [9.17, 15) is 10.5 Å². The molecule has 0 aromatic heterocycles. The molecule has 220 valence electrons. The number of azo groups is 2. The topological polar surface area (TPSA) is 103 Å². The van der Waals surface area contributed by atoms with Crippen molar-refractivity contribution < 1.29 is 0 Å². The summed E-state index contributed by atoms with van der Waals surface area (Å²) in [5.41, 5.74) is 7.18. The largest absolute Gasteiger partial charge is 0.372 e. The van der Waals surface area contributed by atoms with Crippen molar-refractivity contribution in [1.82, 2.24) is 0 Å². The number of benzene rings is 4. The molecule has 0 atom stereocenters. The first-order valence-corrected chi connectivity index (χ1v) is 14.8. The summed E-state index contributed by atoms with van der Waals surface area (Å²) in [5, 5.41) is 36.9. The molecule has 0 saturated heterocycles. The van der Waals surface area contributed by atoms with Crippen molar-refractivity contribution in [1.29, 1.82) is 10.5 Å². The van der Waals surface area contributed by atoms with E-state index in [1.54, 1.807) is 0 Å². The molecule has 0 radical (unpaired) electrons. The van der Waals surface area contributed by atoms with Gasteiger partial charge in [-0.2, -0.15) is 31.0 Å². The minimum Gasteiger partial charge on any atom is -0.372 e. The third kappa shape index (κ3) is 7.81. The molecule has 4 rings (SSSR count). The zero-order valence-electron chi connectivity index (χ0n) is 25.6. The lowest BCUT2D eigenvalue weighted by Crippen LogP contribution is -2.21. The van der Waals surface area contributed by atoms with Crippen LogP contribution in [0.1, 0.15) is 38.8 Å². The molecule has 0 unspecified atom stereocenters. The van der Waals surface area contributed by atoms with Crippen LogP contribution >= 0.6 is 0 Å². The Morgan fingerprint density at radius 1 is 0.477 bits per heavy atom. The van der Waals surface area contributed by atoms with Gasteiger partial charge >= 0.3 is 0 Å². The summed E-state index contributed by atoms with van der Waals surface area (Å²) in [5.74, 6) is 0. The highest BCUT2D eigenvalue weighted by atomic mass is 15.1. The fourth-order valence-electron chi connectivity index (χ4n) is 4.85. The van der Waals surface area contributed by atoms with Crippen molar-refractivity contribution in [2.45, 2.75) is 27.7 Å². The monoisotopic (exact) mass is 580 g/mol. The molecule has 0 spiro atoms. The highest BCUT2D eigenvalue weighted by molar-refractivity contribution is 5.87. The van der Waals surface area contributed by atoms with E-state index in [2.05, 4.69) is 58.0 Å². The Hall–Kier alpha value is -5.60. The maximum atomic E-state index is 9.72. The van der Waals surface area contributed by atoms with Crippen LogP contribution in [0, 0.1) is 22.7 Å². The molecule has 8 nitrogen and oxygen atoms in total. The molecule has 0 bridgehead atoms. The second-order valence-electron chi connectivity index (χ2n) is 9.84. The Labute approximate surface area is 259 Å². The van der Waals surface area contributed by atoms with E-state index in [0.29, 0.717) is 16.9 Å². The Kier molecular flexibility index (Phi) is 11.1. The molecule has 0 N–H and O–H groups in total. The third-order valence-electron chi connectivity index (χ3n) is 7.30. The van der Waals surface area contributed by atoms with E-state index in [-0.39, 0.29) is 5.57 Å². The SMILES string of the molecule is CCN(CC)c1ccc(N=Nc2ccc(C(=C(C#N)C#N)c3ccc(N=Nc4ccc(N(CC)CC)cc4)cc3)cc2)cc1. The van der Waals surface area contributed by atoms with Crippen LogP contribution in [0.2, 0.25) is 0 Å². The predicted molar refractivity (Wildman–Crippen MR) is 178 cm³/mol. The van der Waals surface area contributed by atoms with Crippen LogP contribution in [0.4, 0.5) is 34.1 Å². The standard InChI is InChI=1S/C36H36N8/c1-5-43(6-2)34-21-17-32(18-22-34)41-39-30-13-9-27(10-14-30)36(29(25-37)26-38)28-11-15-31(16-12-28)40-42-33-19-23-35(24-20-33)44(7-3)8-4/h9-24H,5-8H2,1-4H3. The van der Waals surface area contributed by atoms with Crippen molar-refractivity contribution in [3.8, 4) is 12.1 Å². The van der Waals surface area contributed by atoms with Gasteiger partial charge in [0.05, 0.1) is 22.7 Å². The number of hydrogen-bond acceptors (Lipinski definition) is 8. The summed E-state index contributed by atoms with van der Waals surface area (Å²) in [6.45, 7) is 12.3. The van der Waals surface area contributed by atoms with Gasteiger partial charge in [0, 0.05) is 43.1 Å². The molecular formula is C36H36N8. The van der Waals surface area contributed by atoms with Crippen LogP contribution in [0.3, 0.4) is 0 Å². The zero-order chi connectivity index (χ0) is 31.3. The Bertz CT molecular complexity index is 1550. The molecule has 0 aliphatic rings. The smallest absolute Gasteiger partial charge is 0.138 e. The predicted octanol–water partition coefficient (Wildman–Crippen LogP) is 10.1. The first-order chi connectivity index (χ1) is 21.5. The molecule has 0 heterocycles. The maximum Gasteiger partial charge on any atom is 0.138 e. The molecule has 4 aromatic rings. The van der Waals surface area contributed by atoms with Gasteiger partial charge in [-0.1, -0.05) is 24.3 Å². The van der Waals surface area contributed by atoms with Crippen LogP contribution in [-0.2, 0) is 0 Å². The molecule has 44 heavy (non-hydrogen) atoms. The summed E-state index contributed by atoms with van der Waals surface area (Å²) < 4.78 is 0. The third-order valence-corrected chi connectivity index (χ3v) is 7.30. The molecule has 0 fully saturated rings. The quantitative estimate of drug-likeness (QED) is 0.123. The van der Waals surface area contributed by atoms with Gasteiger partial charge in [-0.25, -0.2) is 0 Å². The zero-order valence-corrected chi connectivity index (χ0v) is 25.6. The summed E-state index contributed by atoms with van der Waals surface area (Å²) in [7, 11) is 0. The van der Waals surface area contributed by atoms with Crippen LogP contribution in [0.15, 0.2) is 123 Å². The van der Waals surface area contributed by atoms with Gasteiger partial charge in [0.25, 0.3) is 0 Å². The van der Waals surface area contributed by atoms with Crippen molar-refractivity contribution in [2.24, 2.45) is 20.5 Å². The number of hydrogen-bond donors (Lipinski definition) is 0. The number of allylic oxidation sites excluding steroid dienone is 1. The minimum absolute atomic E-state index is 0.0235. The number of anilines is 2. The van der Waals surface area contributed by atoms with Crippen LogP contribution < -0.4 is 9.80 Å². The lowest BCUT2D eigenvalue weighted by molar-refractivity contribution is 0.866. The van der Waals surface area contributed by atoms with Gasteiger partial charge in [0.2, 0.25) is 0 Å². The lowest BCUT2D eigenvalue weighted by Gasteiger charge is -2.20. The highest BCUT2D eigenvalue weighted by Gasteiger charge is 2.13. The number of nitriles is 2. The Balaban J connectivity index is 1.50. The lowest BCUT2D eigenvalue weighted by atomic mass is 9.93. The Morgan fingerprint density at radius 3 is 1.00 bits per heavy atom. The molecular weight excluding hydrogens is 544 g/mol. The van der Waals surface area contributed by atoms with E-state index < -0.39 is 0 Å². The van der Waals surface area contributed by atoms with Crippen LogP contribution in [0.25, 0.3) is 5.57 Å². The van der Waals surface area contributed by atoms with Crippen molar-refractivity contribution in [3.05, 3.63) is 114 Å². The Morgan fingerprint density at radius 2 is 0.750 bits per heavy atom. The van der Waals surface area contributed by atoms with Gasteiger partial charge < -0.3 is 9.80 Å². The molecule has 0 aliphatic heterocycles. The fourth-order valence-corrected chi connectivity index (χ4v) is 4.85. The molecule has 0 amide bonds. The molecule has 4 aromatic carbocycles. The van der Waals surface area contributed by atoms with E-state index in [1.807, 2.05) is 109 Å². The fraction of sp³-hybridized carbons (Fsp3) is 0.222. The van der Waals surface area contributed by atoms with E-state index >= 15 is 0 Å².